The van der Waals surface area contributed by atoms with E-state index in [9.17, 15) is 10.2 Å². The van der Waals surface area contributed by atoms with E-state index in [0.717, 1.165) is 0 Å². The second-order valence-electron chi connectivity index (χ2n) is 4.44. The van der Waals surface area contributed by atoms with Crippen LogP contribution in [0.15, 0.2) is 6.33 Å². The van der Waals surface area contributed by atoms with Crippen molar-refractivity contribution in [3.63, 3.8) is 0 Å². The van der Waals surface area contributed by atoms with Gasteiger partial charge in [0.05, 0.1) is 0 Å². The molecule has 0 bridgehead atoms. The fourth-order valence-electron chi connectivity index (χ4n) is 2.20. The first-order chi connectivity index (χ1) is 9.52. The second kappa shape index (κ2) is 4.92. The van der Waals surface area contributed by atoms with E-state index in [0.29, 0.717) is 15.8 Å². The zero-order valence-electron chi connectivity index (χ0n) is 10.1. The predicted molar refractivity (Wildman–Crippen MR) is 68.1 cm³/mol. The van der Waals surface area contributed by atoms with Crippen LogP contribution in [0.4, 0.5) is 5.95 Å². The van der Waals surface area contributed by atoms with Crippen LogP contribution in [0.2, 0.25) is 0 Å². The van der Waals surface area contributed by atoms with Crippen molar-refractivity contribution in [1.82, 2.24) is 19.5 Å². The van der Waals surface area contributed by atoms with E-state index < -0.39 is 31.1 Å². The molecule has 1 saturated heterocycles. The number of hydrogen-bond donors (Lipinski definition) is 4. The number of anilines is 1. The minimum atomic E-state index is -1.20. The average Bonchev–Trinajstić information content (AvgIpc) is 2.93. The van der Waals surface area contributed by atoms with Gasteiger partial charge in [-0.2, -0.15) is 0 Å². The molecular weight excluding hydrogens is 333 g/mol. The third kappa shape index (κ3) is 1.97. The van der Waals surface area contributed by atoms with Crippen molar-refractivity contribution in [2.24, 2.45) is 0 Å². The molecule has 0 aliphatic carbocycles. The quantitative estimate of drug-likeness (QED) is 0.418. The van der Waals surface area contributed by atoms with Crippen LogP contribution in [0.1, 0.15) is 6.23 Å². The molecular formula is C10H12N5O4Se-. The van der Waals surface area contributed by atoms with Crippen molar-refractivity contribution in [3.05, 3.63) is 6.33 Å². The van der Waals surface area contributed by atoms with E-state index >= 15 is 0 Å². The topological polar surface area (TPSA) is 140 Å². The molecule has 9 nitrogen and oxygen atoms in total. The molecule has 10 heteroatoms. The molecule has 2 aromatic heterocycles. The third-order valence-corrected chi connectivity index (χ3v) is 3.80. The van der Waals surface area contributed by atoms with Crippen LogP contribution in [0, 0.1) is 0 Å². The maximum absolute atomic E-state index is 10.0. The summed E-state index contributed by atoms with van der Waals surface area (Å²) in [5.74, 6) is 0.0553. The molecule has 3 rings (SSSR count). The van der Waals surface area contributed by atoms with Gasteiger partial charge in [0.25, 0.3) is 0 Å². The number of rotatable bonds is 2. The zero-order valence-corrected chi connectivity index (χ0v) is 11.8. The van der Waals surface area contributed by atoms with E-state index in [2.05, 4.69) is 31.0 Å². The summed E-state index contributed by atoms with van der Waals surface area (Å²) in [4.78, 5) is 12.1. The molecule has 0 saturated carbocycles. The number of hydrogen-bond acceptors (Lipinski definition) is 8. The molecule has 2 aromatic rings. The zero-order chi connectivity index (χ0) is 14.4. The summed E-state index contributed by atoms with van der Waals surface area (Å²) in [6.07, 6.45) is -2.74. The number of nitrogen functional groups attached to an aromatic ring is 1. The molecule has 3 heterocycles. The monoisotopic (exact) mass is 346 g/mol. The fraction of sp³-hybridized carbons (Fsp3) is 0.500. The molecule has 0 amide bonds. The first kappa shape index (κ1) is 13.7. The van der Waals surface area contributed by atoms with Gasteiger partial charge in [0.15, 0.2) is 0 Å². The number of aromatic nitrogens is 4. The Balaban J connectivity index is 2.07. The van der Waals surface area contributed by atoms with Gasteiger partial charge < -0.3 is 0 Å². The van der Waals surface area contributed by atoms with Gasteiger partial charge in [-0.3, -0.25) is 0 Å². The Morgan fingerprint density at radius 2 is 2.10 bits per heavy atom. The summed E-state index contributed by atoms with van der Waals surface area (Å²) in [5, 5.41) is 28.9. The van der Waals surface area contributed by atoms with Crippen LogP contribution in [-0.2, 0) is 4.74 Å². The van der Waals surface area contributed by atoms with Crippen molar-refractivity contribution >= 4 is 37.7 Å². The van der Waals surface area contributed by atoms with E-state index in [1.54, 1.807) is 0 Å². The fourth-order valence-corrected chi connectivity index (χ4v) is 2.70. The average molecular weight is 345 g/mol. The Hall–Kier alpha value is -1.29. The normalized spacial score (nSPS) is 30.1. The van der Waals surface area contributed by atoms with Crippen LogP contribution in [0.3, 0.4) is 0 Å². The number of nitrogens with two attached hydrogens (primary N) is 1. The van der Waals surface area contributed by atoms with Crippen LogP contribution < -0.4 is 10.3 Å². The SMILES string of the molecule is Nc1nc([Se-])c2ncn(C3OC(CO)C(O)C3O)c2n1. The van der Waals surface area contributed by atoms with Gasteiger partial charge in [-0.05, 0) is 0 Å². The van der Waals surface area contributed by atoms with Crippen LogP contribution >= 0.6 is 0 Å². The number of ether oxygens (including phenoxy) is 1. The van der Waals surface area contributed by atoms with Crippen LogP contribution in [0.25, 0.3) is 11.2 Å². The number of aliphatic hydroxyl groups is 3. The number of nitrogens with zero attached hydrogens (tertiary/aromatic N) is 4. The van der Waals surface area contributed by atoms with Gasteiger partial charge in [0.1, 0.15) is 0 Å². The van der Waals surface area contributed by atoms with Gasteiger partial charge in [-0.15, -0.1) is 0 Å². The van der Waals surface area contributed by atoms with Gasteiger partial charge >= 0.3 is 121 Å². The molecule has 4 atom stereocenters. The summed E-state index contributed by atoms with van der Waals surface area (Å²) in [5.41, 5.74) is 6.45. The predicted octanol–water partition coefficient (Wildman–Crippen LogP) is -3.19. The van der Waals surface area contributed by atoms with Crippen molar-refractivity contribution in [2.75, 3.05) is 12.3 Å². The second-order valence-corrected chi connectivity index (χ2v) is 5.25. The van der Waals surface area contributed by atoms with Crippen molar-refractivity contribution < 1.29 is 20.1 Å². The van der Waals surface area contributed by atoms with Gasteiger partial charge in [-0.25, -0.2) is 0 Å². The number of aliphatic hydroxyl groups excluding tert-OH is 3. The number of fused-ring (bicyclic) bond motifs is 1. The molecule has 1 fully saturated rings. The number of imidazole rings is 1. The molecule has 0 spiro atoms. The molecule has 1 aliphatic heterocycles. The van der Waals surface area contributed by atoms with E-state index in [1.165, 1.54) is 10.9 Å². The summed E-state index contributed by atoms with van der Waals surface area (Å²) in [7, 11) is 0. The molecule has 1 aliphatic rings. The maximum atomic E-state index is 10.0. The van der Waals surface area contributed by atoms with Gasteiger partial charge in [0, 0.05) is 0 Å². The van der Waals surface area contributed by atoms with Crippen molar-refractivity contribution in [2.45, 2.75) is 24.5 Å². The standard InChI is InChI=1S/C10H13N5O4Se/c11-10-13-7-4(8(20)14-10)12-2-15(7)9-6(18)5(17)3(1-16)19-9/h2-3,5-6,9,16-18H,1H2,(H3,11,13,14,20)/p-1. The van der Waals surface area contributed by atoms with Crippen LogP contribution in [-0.4, -0.2) is 75.8 Å². The Morgan fingerprint density at radius 3 is 2.75 bits per heavy atom. The first-order valence-corrected chi connectivity index (χ1v) is 6.68. The molecule has 4 unspecified atom stereocenters. The third-order valence-electron chi connectivity index (χ3n) is 3.20. The Bertz CT molecular complexity index is 650. The molecule has 108 valence electrons. The molecule has 0 radical (unpaired) electrons. The summed E-state index contributed by atoms with van der Waals surface area (Å²) < 4.78 is 7.37. The molecule has 0 aromatic carbocycles. The Kier molecular flexibility index (Phi) is 3.36. The van der Waals surface area contributed by atoms with E-state index in [-0.39, 0.29) is 5.95 Å². The van der Waals surface area contributed by atoms with Gasteiger partial charge in [-0.1, -0.05) is 0 Å². The summed E-state index contributed by atoms with van der Waals surface area (Å²) >= 11 is 2.73. The molecule has 5 N–H and O–H groups in total. The summed E-state index contributed by atoms with van der Waals surface area (Å²) in [6.45, 7) is -0.398. The minimum absolute atomic E-state index is 0.0553. The Labute approximate surface area is 121 Å². The first-order valence-electron chi connectivity index (χ1n) is 5.82. The van der Waals surface area contributed by atoms with Gasteiger partial charge in [0.2, 0.25) is 0 Å². The Morgan fingerprint density at radius 1 is 1.35 bits per heavy atom. The van der Waals surface area contributed by atoms with E-state index in [4.69, 9.17) is 15.6 Å². The summed E-state index contributed by atoms with van der Waals surface area (Å²) in [6, 6.07) is 0. The van der Waals surface area contributed by atoms with Crippen LogP contribution in [0.5, 0.6) is 0 Å². The van der Waals surface area contributed by atoms with Crippen molar-refractivity contribution in [1.29, 1.82) is 0 Å². The molecule has 20 heavy (non-hydrogen) atoms. The van der Waals surface area contributed by atoms with Crippen molar-refractivity contribution in [3.8, 4) is 0 Å². The van der Waals surface area contributed by atoms with E-state index in [1.807, 2.05) is 0 Å².